The highest BCUT2D eigenvalue weighted by molar-refractivity contribution is 5.91. The lowest BCUT2D eigenvalue weighted by Gasteiger charge is -2.20. The molecule has 6 nitrogen and oxygen atoms in total. The molecule has 2 aromatic rings. The highest BCUT2D eigenvalue weighted by atomic mass is 16.5. The van der Waals surface area contributed by atoms with Gasteiger partial charge in [0, 0.05) is 30.7 Å². The molecule has 154 valence electrons. The lowest BCUT2D eigenvalue weighted by Crippen LogP contribution is -2.39. The minimum Gasteiger partial charge on any atom is -0.497 e. The molecule has 0 unspecified atom stereocenters. The Hall–Kier alpha value is -3.02. The van der Waals surface area contributed by atoms with Crippen LogP contribution in [0.3, 0.4) is 0 Å². The van der Waals surface area contributed by atoms with Crippen LogP contribution < -0.4 is 15.4 Å². The number of hydrogen-bond donors (Lipinski definition) is 2. The Morgan fingerprint density at radius 3 is 2.48 bits per heavy atom. The van der Waals surface area contributed by atoms with Crippen molar-refractivity contribution in [3.05, 3.63) is 59.7 Å². The Bertz CT molecular complexity index is 864. The number of anilines is 1. The van der Waals surface area contributed by atoms with Gasteiger partial charge in [0.15, 0.2) is 0 Å². The minimum atomic E-state index is -0.312. The van der Waals surface area contributed by atoms with E-state index in [1.54, 1.807) is 12.0 Å². The van der Waals surface area contributed by atoms with Crippen LogP contribution in [-0.4, -0.2) is 43.1 Å². The molecule has 1 heterocycles. The summed E-state index contributed by atoms with van der Waals surface area (Å²) in [6.45, 7) is 6.73. The number of ether oxygens (including phenoxy) is 1. The fourth-order valence-corrected chi connectivity index (χ4v) is 3.68. The zero-order valence-corrected chi connectivity index (χ0v) is 17.4. The van der Waals surface area contributed by atoms with Gasteiger partial charge in [-0.3, -0.25) is 4.79 Å². The first-order valence-corrected chi connectivity index (χ1v) is 9.94. The minimum absolute atomic E-state index is 0.0292. The average Bonchev–Trinajstić information content (AvgIpc) is 3.15. The van der Waals surface area contributed by atoms with E-state index >= 15 is 0 Å². The molecule has 1 fully saturated rings. The molecule has 0 aromatic heterocycles. The van der Waals surface area contributed by atoms with E-state index in [1.165, 1.54) is 0 Å². The first-order valence-electron chi connectivity index (χ1n) is 9.94. The number of benzene rings is 2. The third kappa shape index (κ3) is 5.08. The van der Waals surface area contributed by atoms with Crippen molar-refractivity contribution in [2.24, 2.45) is 5.92 Å². The fraction of sp³-hybridized carbons (Fsp3) is 0.391. The number of aryl methyl sites for hydroxylation is 1. The summed E-state index contributed by atoms with van der Waals surface area (Å²) in [5.74, 6) is 0.312. The third-order valence-corrected chi connectivity index (χ3v) is 5.20. The van der Waals surface area contributed by atoms with Crippen molar-refractivity contribution >= 4 is 17.6 Å². The Balaban J connectivity index is 1.80. The predicted octanol–water partition coefficient (Wildman–Crippen LogP) is 3.78. The summed E-state index contributed by atoms with van der Waals surface area (Å²) in [4.78, 5) is 27.4. The second-order valence-corrected chi connectivity index (χ2v) is 7.85. The van der Waals surface area contributed by atoms with Crippen molar-refractivity contribution in [1.29, 1.82) is 0 Å². The van der Waals surface area contributed by atoms with Crippen LogP contribution in [0.25, 0.3) is 0 Å². The van der Waals surface area contributed by atoms with Crippen LogP contribution in [0.1, 0.15) is 30.9 Å². The van der Waals surface area contributed by atoms with Crippen LogP contribution >= 0.6 is 0 Å². The zero-order valence-electron chi connectivity index (χ0n) is 17.4. The molecule has 1 aliphatic rings. The molecule has 1 aliphatic heterocycles. The maximum Gasteiger partial charge on any atom is 0.321 e. The van der Waals surface area contributed by atoms with E-state index in [0.717, 1.165) is 22.6 Å². The van der Waals surface area contributed by atoms with Crippen molar-refractivity contribution in [1.82, 2.24) is 10.2 Å². The number of carbonyl (C=O) groups is 2. The molecule has 0 aliphatic carbocycles. The molecule has 0 spiro atoms. The van der Waals surface area contributed by atoms with Gasteiger partial charge in [-0.2, -0.15) is 0 Å². The summed E-state index contributed by atoms with van der Waals surface area (Å²) in [7, 11) is 1.62. The highest BCUT2D eigenvalue weighted by Crippen LogP contribution is 2.34. The van der Waals surface area contributed by atoms with Gasteiger partial charge in [-0.05, 0) is 50.6 Å². The number of likely N-dealkylation sites (tertiary alicyclic amines) is 1. The number of methoxy groups -OCH3 is 1. The Morgan fingerprint density at radius 1 is 1.10 bits per heavy atom. The van der Waals surface area contributed by atoms with E-state index in [9.17, 15) is 9.59 Å². The van der Waals surface area contributed by atoms with Crippen LogP contribution in [0, 0.1) is 12.8 Å². The van der Waals surface area contributed by atoms with Crippen LogP contribution in [0.5, 0.6) is 5.75 Å². The van der Waals surface area contributed by atoms with E-state index < -0.39 is 0 Å². The molecule has 2 atom stereocenters. The van der Waals surface area contributed by atoms with Crippen molar-refractivity contribution < 1.29 is 14.3 Å². The normalized spacial score (nSPS) is 18.6. The Labute approximate surface area is 172 Å². The summed E-state index contributed by atoms with van der Waals surface area (Å²) in [6.07, 6.45) is 0. The van der Waals surface area contributed by atoms with Crippen LogP contribution in [-0.2, 0) is 4.79 Å². The van der Waals surface area contributed by atoms with Gasteiger partial charge in [0.05, 0.1) is 13.0 Å². The highest BCUT2D eigenvalue weighted by Gasteiger charge is 2.40. The first-order chi connectivity index (χ1) is 13.9. The van der Waals surface area contributed by atoms with Crippen LogP contribution in [0.15, 0.2) is 48.5 Å². The molecule has 0 saturated carbocycles. The monoisotopic (exact) mass is 395 g/mol. The summed E-state index contributed by atoms with van der Waals surface area (Å²) < 4.78 is 5.34. The molecule has 29 heavy (non-hydrogen) atoms. The quantitative estimate of drug-likeness (QED) is 0.809. The van der Waals surface area contributed by atoms with E-state index in [4.69, 9.17) is 4.74 Å². The van der Waals surface area contributed by atoms with E-state index in [-0.39, 0.29) is 29.8 Å². The molecule has 3 amide bonds. The standard InChI is InChI=1S/C23H29N3O3/c1-15(2)24-22(27)21-14-26(23(28)25-18-10-8-16(3)9-11-18)13-20(21)17-6-5-7-19(12-17)29-4/h5-12,15,20-21H,13-14H2,1-4H3,(H,24,27)(H,25,28)/t20-,21-/m0/s1. The average molecular weight is 396 g/mol. The molecule has 6 heteroatoms. The van der Waals surface area contributed by atoms with Crippen LogP contribution in [0.4, 0.5) is 10.5 Å². The van der Waals surface area contributed by atoms with Gasteiger partial charge in [-0.15, -0.1) is 0 Å². The first kappa shape index (κ1) is 20.7. The predicted molar refractivity (Wildman–Crippen MR) is 114 cm³/mol. The maximum absolute atomic E-state index is 12.9. The molecular weight excluding hydrogens is 366 g/mol. The van der Waals surface area contributed by atoms with Crippen molar-refractivity contribution in [3.8, 4) is 5.75 Å². The SMILES string of the molecule is COc1cccc([C@@H]2CN(C(=O)Nc3ccc(C)cc3)C[C@@H]2C(=O)NC(C)C)c1. The Kier molecular flexibility index (Phi) is 6.42. The van der Waals surface area contributed by atoms with Gasteiger partial charge >= 0.3 is 6.03 Å². The summed E-state index contributed by atoms with van der Waals surface area (Å²) in [6, 6.07) is 15.3. The molecule has 0 bridgehead atoms. The number of urea groups is 1. The summed E-state index contributed by atoms with van der Waals surface area (Å²) in [5.41, 5.74) is 2.88. The van der Waals surface area contributed by atoms with Gasteiger partial charge in [-0.1, -0.05) is 29.8 Å². The van der Waals surface area contributed by atoms with Crippen molar-refractivity contribution in [2.45, 2.75) is 32.7 Å². The molecular formula is C23H29N3O3. The molecule has 2 aromatic carbocycles. The van der Waals surface area contributed by atoms with Gasteiger partial charge in [-0.25, -0.2) is 4.79 Å². The molecule has 3 rings (SSSR count). The second kappa shape index (κ2) is 8.99. The molecule has 0 radical (unpaired) electrons. The zero-order chi connectivity index (χ0) is 21.0. The number of carbonyl (C=O) groups excluding carboxylic acids is 2. The van der Waals surface area contributed by atoms with Crippen molar-refractivity contribution in [3.63, 3.8) is 0 Å². The van der Waals surface area contributed by atoms with Gasteiger partial charge < -0.3 is 20.3 Å². The largest absolute Gasteiger partial charge is 0.497 e. The lowest BCUT2D eigenvalue weighted by molar-refractivity contribution is -0.125. The number of nitrogens with one attached hydrogen (secondary N) is 2. The topological polar surface area (TPSA) is 70.7 Å². The molecule has 1 saturated heterocycles. The second-order valence-electron chi connectivity index (χ2n) is 7.85. The number of rotatable bonds is 5. The number of hydrogen-bond acceptors (Lipinski definition) is 3. The lowest BCUT2D eigenvalue weighted by atomic mass is 9.88. The van der Waals surface area contributed by atoms with Gasteiger partial charge in [0.1, 0.15) is 5.75 Å². The molecule has 2 N–H and O–H groups in total. The number of amides is 3. The van der Waals surface area contributed by atoms with E-state index in [1.807, 2.05) is 69.3 Å². The summed E-state index contributed by atoms with van der Waals surface area (Å²) >= 11 is 0. The fourth-order valence-electron chi connectivity index (χ4n) is 3.68. The Morgan fingerprint density at radius 2 is 1.83 bits per heavy atom. The maximum atomic E-state index is 12.9. The van der Waals surface area contributed by atoms with Crippen LogP contribution in [0.2, 0.25) is 0 Å². The smallest absolute Gasteiger partial charge is 0.321 e. The van der Waals surface area contributed by atoms with Gasteiger partial charge in [0.25, 0.3) is 0 Å². The third-order valence-electron chi connectivity index (χ3n) is 5.20. The van der Waals surface area contributed by atoms with Gasteiger partial charge in [0.2, 0.25) is 5.91 Å². The van der Waals surface area contributed by atoms with Crippen molar-refractivity contribution in [2.75, 3.05) is 25.5 Å². The van der Waals surface area contributed by atoms with E-state index in [0.29, 0.717) is 13.1 Å². The van der Waals surface area contributed by atoms with E-state index in [2.05, 4.69) is 10.6 Å². The number of nitrogens with zero attached hydrogens (tertiary/aromatic N) is 1. The summed E-state index contributed by atoms with van der Waals surface area (Å²) in [5, 5.41) is 5.94.